The first-order chi connectivity index (χ1) is 25.3. The minimum absolute atomic E-state index is 0.561. The summed E-state index contributed by atoms with van der Waals surface area (Å²) in [6.45, 7) is 0. The molecular formula is C46H25N3O2. The lowest BCUT2D eigenvalue weighted by molar-refractivity contribution is 0.666. The summed E-state index contributed by atoms with van der Waals surface area (Å²) in [7, 11) is 0. The number of furan rings is 2. The largest absolute Gasteiger partial charge is 0.454 e. The predicted octanol–water partition coefficient (Wildman–Crippen LogP) is 12.5. The van der Waals surface area contributed by atoms with Gasteiger partial charge in [0.1, 0.15) is 27.9 Å². The Morgan fingerprint density at radius 2 is 1.02 bits per heavy atom. The van der Waals surface area contributed by atoms with E-state index >= 15 is 0 Å². The Morgan fingerprint density at radius 1 is 0.412 bits per heavy atom. The highest BCUT2D eigenvalue weighted by Crippen LogP contribution is 2.47. The summed E-state index contributed by atoms with van der Waals surface area (Å²) in [6.07, 6.45) is 0. The van der Waals surface area contributed by atoms with Gasteiger partial charge in [0.2, 0.25) is 5.95 Å². The summed E-state index contributed by atoms with van der Waals surface area (Å²) in [6, 6.07) is 53.0. The molecule has 0 atom stereocenters. The lowest BCUT2D eigenvalue weighted by Crippen LogP contribution is -2.03. The predicted molar refractivity (Wildman–Crippen MR) is 209 cm³/mol. The van der Waals surface area contributed by atoms with E-state index in [-0.39, 0.29) is 0 Å². The molecule has 12 aromatic rings. The van der Waals surface area contributed by atoms with E-state index in [2.05, 4.69) is 132 Å². The van der Waals surface area contributed by atoms with Crippen molar-refractivity contribution in [1.82, 2.24) is 14.5 Å². The van der Waals surface area contributed by atoms with Gasteiger partial charge < -0.3 is 8.83 Å². The lowest BCUT2D eigenvalue weighted by atomic mass is 9.98. The van der Waals surface area contributed by atoms with Gasteiger partial charge in [0.15, 0.2) is 11.2 Å². The molecule has 0 amide bonds. The van der Waals surface area contributed by atoms with E-state index in [9.17, 15) is 0 Å². The third-order valence-electron chi connectivity index (χ3n) is 10.6. The van der Waals surface area contributed by atoms with Gasteiger partial charge in [0.25, 0.3) is 0 Å². The minimum Gasteiger partial charge on any atom is -0.454 e. The van der Waals surface area contributed by atoms with Crippen LogP contribution in [-0.4, -0.2) is 14.5 Å². The molecule has 0 bridgehead atoms. The van der Waals surface area contributed by atoms with Crippen LogP contribution in [0.5, 0.6) is 0 Å². The quantitative estimate of drug-likeness (QED) is 0.187. The van der Waals surface area contributed by atoms with E-state index in [1.165, 1.54) is 5.39 Å². The van der Waals surface area contributed by atoms with Crippen LogP contribution in [0.3, 0.4) is 0 Å². The summed E-state index contributed by atoms with van der Waals surface area (Å²) in [5, 5.41) is 12.2. The molecule has 5 nitrogen and oxygen atoms in total. The van der Waals surface area contributed by atoms with Crippen molar-refractivity contribution < 1.29 is 8.83 Å². The third kappa shape index (κ3) is 3.59. The first-order valence-corrected chi connectivity index (χ1v) is 17.2. The number of nitrogens with zero attached hydrogens (tertiary/aromatic N) is 3. The fraction of sp³-hybridized carbons (Fsp3) is 0. The minimum atomic E-state index is 0.561. The Labute approximate surface area is 289 Å². The maximum atomic E-state index is 6.89. The van der Waals surface area contributed by atoms with Crippen LogP contribution in [0, 0.1) is 0 Å². The fourth-order valence-corrected chi connectivity index (χ4v) is 8.35. The summed E-state index contributed by atoms with van der Waals surface area (Å²) < 4.78 is 15.7. The molecule has 0 aliphatic carbocycles. The second kappa shape index (κ2) is 9.80. The molecule has 236 valence electrons. The smallest absolute Gasteiger partial charge is 0.236 e. The monoisotopic (exact) mass is 651 g/mol. The molecular weight excluding hydrogens is 627 g/mol. The van der Waals surface area contributed by atoms with Gasteiger partial charge in [0, 0.05) is 37.9 Å². The molecule has 0 unspecified atom stereocenters. The van der Waals surface area contributed by atoms with E-state index < -0.39 is 0 Å². The number of aromatic nitrogens is 3. The van der Waals surface area contributed by atoms with Crippen molar-refractivity contribution in [1.29, 1.82) is 0 Å². The first-order valence-electron chi connectivity index (χ1n) is 17.2. The molecule has 8 aromatic carbocycles. The SMILES string of the molecule is c1ccc2cc(-c3nc(-n4c5c6ccccc6ccc5c5c6ccccc6c6c7ccccc7oc6c54)nc4c3oc3ccccc34)ccc2c1. The lowest BCUT2D eigenvalue weighted by Gasteiger charge is -2.11. The number of fused-ring (bicyclic) bond motifs is 16. The highest BCUT2D eigenvalue weighted by Gasteiger charge is 2.27. The normalized spacial score (nSPS) is 12.3. The molecule has 0 spiro atoms. The number of benzene rings is 8. The molecule has 0 aliphatic heterocycles. The average Bonchev–Trinajstić information content (AvgIpc) is 3.88. The molecule has 0 saturated carbocycles. The second-order valence-corrected chi connectivity index (χ2v) is 13.3. The number of rotatable bonds is 2. The van der Waals surface area contributed by atoms with Crippen molar-refractivity contribution in [2.45, 2.75) is 0 Å². The number of hydrogen-bond acceptors (Lipinski definition) is 4. The zero-order chi connectivity index (χ0) is 33.2. The average molecular weight is 652 g/mol. The van der Waals surface area contributed by atoms with Crippen molar-refractivity contribution in [2.24, 2.45) is 0 Å². The van der Waals surface area contributed by atoms with Gasteiger partial charge in [-0.1, -0.05) is 127 Å². The summed E-state index contributed by atoms with van der Waals surface area (Å²) >= 11 is 0. The molecule has 0 N–H and O–H groups in total. The molecule has 0 radical (unpaired) electrons. The number of para-hydroxylation sites is 2. The fourth-order valence-electron chi connectivity index (χ4n) is 8.35. The van der Waals surface area contributed by atoms with Crippen molar-refractivity contribution >= 4 is 98.1 Å². The van der Waals surface area contributed by atoms with Gasteiger partial charge in [-0.15, -0.1) is 0 Å². The first kappa shape index (κ1) is 26.9. The molecule has 5 heteroatoms. The van der Waals surface area contributed by atoms with Crippen LogP contribution >= 0.6 is 0 Å². The van der Waals surface area contributed by atoms with Crippen molar-refractivity contribution in [3.8, 4) is 17.2 Å². The van der Waals surface area contributed by atoms with Crippen molar-refractivity contribution in [3.05, 3.63) is 152 Å². The van der Waals surface area contributed by atoms with Crippen LogP contribution in [0.15, 0.2) is 160 Å². The topological polar surface area (TPSA) is 57.0 Å². The Bertz CT molecular complexity index is 3440. The molecule has 0 fully saturated rings. The van der Waals surface area contributed by atoms with Crippen LogP contribution in [0.4, 0.5) is 0 Å². The second-order valence-electron chi connectivity index (χ2n) is 13.3. The Hall–Kier alpha value is -6.98. The van der Waals surface area contributed by atoms with E-state index in [0.717, 1.165) is 98.4 Å². The molecule has 12 rings (SSSR count). The van der Waals surface area contributed by atoms with Gasteiger partial charge in [0.05, 0.1) is 5.52 Å². The zero-order valence-electron chi connectivity index (χ0n) is 27.1. The number of hydrogen-bond donors (Lipinski definition) is 0. The molecule has 51 heavy (non-hydrogen) atoms. The van der Waals surface area contributed by atoms with Crippen LogP contribution in [0.1, 0.15) is 0 Å². The maximum absolute atomic E-state index is 6.89. The van der Waals surface area contributed by atoms with Gasteiger partial charge in [-0.3, -0.25) is 4.57 Å². The molecule has 4 aromatic heterocycles. The standard InChI is InChI=1S/C46H25N3O2/c1-2-13-28-25-29(22-21-26(28)11-1)40-45-41(34-18-8-10-20-37(34)51-45)48-46(47-40)49-42-30-14-4-3-12-27(30)23-24-35(42)38-31-15-5-6-16-32(31)39-33-17-7-9-19-36(33)50-44(39)43(38)49/h1-25H. The van der Waals surface area contributed by atoms with E-state index in [1.54, 1.807) is 0 Å². The third-order valence-corrected chi connectivity index (χ3v) is 10.6. The van der Waals surface area contributed by atoms with Crippen LogP contribution < -0.4 is 0 Å². The summed E-state index contributed by atoms with van der Waals surface area (Å²) in [4.78, 5) is 10.9. The highest BCUT2D eigenvalue weighted by molar-refractivity contribution is 6.36. The maximum Gasteiger partial charge on any atom is 0.236 e. The van der Waals surface area contributed by atoms with Crippen molar-refractivity contribution in [3.63, 3.8) is 0 Å². The van der Waals surface area contributed by atoms with Crippen molar-refractivity contribution in [2.75, 3.05) is 0 Å². The zero-order valence-corrected chi connectivity index (χ0v) is 27.1. The summed E-state index contributed by atoms with van der Waals surface area (Å²) in [5.74, 6) is 0.561. The molecule has 0 saturated heterocycles. The van der Waals surface area contributed by atoms with E-state index in [0.29, 0.717) is 11.5 Å². The Kier molecular flexibility index (Phi) is 5.17. The Morgan fingerprint density at radius 3 is 1.84 bits per heavy atom. The molecule has 0 aliphatic rings. The molecule has 4 heterocycles. The van der Waals surface area contributed by atoms with Gasteiger partial charge in [-0.2, -0.15) is 0 Å². The van der Waals surface area contributed by atoms with Crippen LogP contribution in [-0.2, 0) is 0 Å². The van der Waals surface area contributed by atoms with Crippen LogP contribution in [0.25, 0.3) is 115 Å². The van der Waals surface area contributed by atoms with Gasteiger partial charge in [-0.25, -0.2) is 9.97 Å². The Balaban J connectivity index is 1.34. The highest BCUT2D eigenvalue weighted by atomic mass is 16.3. The summed E-state index contributed by atoms with van der Waals surface area (Å²) in [5.41, 5.74) is 7.58. The van der Waals surface area contributed by atoms with E-state index in [4.69, 9.17) is 18.8 Å². The van der Waals surface area contributed by atoms with Gasteiger partial charge >= 0.3 is 0 Å². The van der Waals surface area contributed by atoms with Gasteiger partial charge in [-0.05, 0) is 51.2 Å². The van der Waals surface area contributed by atoms with E-state index in [1.807, 2.05) is 24.3 Å². The van der Waals surface area contributed by atoms with Crippen LogP contribution in [0.2, 0.25) is 0 Å².